The Morgan fingerprint density at radius 3 is 2.65 bits per heavy atom. The van der Waals surface area contributed by atoms with Crippen molar-refractivity contribution >= 4 is 17.2 Å². The van der Waals surface area contributed by atoms with Crippen LogP contribution in [0.1, 0.15) is 35.7 Å². The average Bonchev–Trinajstić information content (AvgIpc) is 2.27. The number of ketones is 1. The predicted octanol–water partition coefficient (Wildman–Crippen LogP) is 3.77. The molecule has 0 fully saturated rings. The molecular formula is C12H10F3NO. The lowest BCUT2D eigenvalue weighted by molar-refractivity contribution is -0.137. The second-order valence-electron chi connectivity index (χ2n) is 3.86. The first-order valence-electron chi connectivity index (χ1n) is 5.22. The Morgan fingerprint density at radius 1 is 1.35 bits per heavy atom. The zero-order chi connectivity index (χ0) is 12.6. The topological polar surface area (TPSA) is 29.4 Å². The molecule has 2 nitrogen and oxygen atoms in total. The molecule has 0 unspecified atom stereocenters. The molecule has 0 saturated carbocycles. The van der Waals surface area contributed by atoms with Gasteiger partial charge in [0.1, 0.15) is 0 Å². The third kappa shape index (κ3) is 2.23. The Balaban J connectivity index is 2.51. The molecule has 90 valence electrons. The van der Waals surface area contributed by atoms with E-state index in [0.29, 0.717) is 17.8 Å². The van der Waals surface area contributed by atoms with Crippen LogP contribution in [-0.2, 0) is 6.18 Å². The van der Waals surface area contributed by atoms with Gasteiger partial charge in [0.2, 0.25) is 0 Å². The van der Waals surface area contributed by atoms with Gasteiger partial charge in [0.25, 0.3) is 0 Å². The van der Waals surface area contributed by atoms with Gasteiger partial charge in [0.05, 0.1) is 11.3 Å². The minimum atomic E-state index is -4.43. The summed E-state index contributed by atoms with van der Waals surface area (Å²) in [5, 5.41) is 0. The van der Waals surface area contributed by atoms with Crippen LogP contribution in [0.3, 0.4) is 0 Å². The van der Waals surface area contributed by atoms with Gasteiger partial charge < -0.3 is 0 Å². The normalized spacial score (nSPS) is 15.5. The first-order chi connectivity index (χ1) is 7.91. The lowest BCUT2D eigenvalue weighted by Crippen LogP contribution is -2.14. The molecule has 1 aliphatic heterocycles. The molecule has 0 radical (unpaired) electrons. The van der Waals surface area contributed by atoms with E-state index < -0.39 is 11.7 Å². The van der Waals surface area contributed by atoms with Gasteiger partial charge in [0.15, 0.2) is 5.78 Å². The Labute approximate surface area is 96.2 Å². The number of carbonyl (C=O) groups is 1. The standard InChI is InChI=1S/C12H10F3NO/c1-2-8-6-11(17)9-5-7(12(13,14)15)3-4-10(9)16-8/h3-5H,2,6H2,1H3. The molecule has 0 spiro atoms. The van der Waals surface area contributed by atoms with E-state index in [4.69, 9.17) is 0 Å². The van der Waals surface area contributed by atoms with Crippen molar-refractivity contribution in [1.29, 1.82) is 0 Å². The lowest BCUT2D eigenvalue weighted by Gasteiger charge is -2.15. The quantitative estimate of drug-likeness (QED) is 0.735. The molecule has 5 heteroatoms. The third-order valence-corrected chi connectivity index (χ3v) is 2.68. The number of carbonyl (C=O) groups excluding carboxylic acids is 1. The van der Waals surface area contributed by atoms with E-state index >= 15 is 0 Å². The minimum Gasteiger partial charge on any atom is -0.294 e. The Hall–Kier alpha value is -1.65. The maximum absolute atomic E-state index is 12.5. The van der Waals surface area contributed by atoms with Crippen LogP contribution in [0.2, 0.25) is 0 Å². The van der Waals surface area contributed by atoms with Crippen molar-refractivity contribution in [2.75, 3.05) is 0 Å². The molecule has 0 aromatic heterocycles. The zero-order valence-electron chi connectivity index (χ0n) is 9.14. The van der Waals surface area contributed by atoms with Crippen molar-refractivity contribution < 1.29 is 18.0 Å². The van der Waals surface area contributed by atoms with Crippen LogP contribution in [0, 0.1) is 0 Å². The van der Waals surface area contributed by atoms with Crippen LogP contribution in [0.25, 0.3) is 0 Å². The third-order valence-electron chi connectivity index (χ3n) is 2.68. The van der Waals surface area contributed by atoms with Gasteiger partial charge in [0, 0.05) is 17.7 Å². The number of aliphatic imine (C=N–C) groups is 1. The molecule has 2 rings (SSSR count). The number of hydrogen-bond acceptors (Lipinski definition) is 2. The van der Waals surface area contributed by atoms with Gasteiger partial charge in [-0.25, -0.2) is 0 Å². The highest BCUT2D eigenvalue weighted by Gasteiger charge is 2.32. The van der Waals surface area contributed by atoms with E-state index in [0.717, 1.165) is 12.1 Å². The van der Waals surface area contributed by atoms with Gasteiger partial charge in [-0.1, -0.05) is 6.92 Å². The van der Waals surface area contributed by atoms with Crippen LogP contribution >= 0.6 is 0 Å². The minimum absolute atomic E-state index is 0.0667. The fourth-order valence-electron chi connectivity index (χ4n) is 1.73. The highest BCUT2D eigenvalue weighted by molar-refractivity contribution is 6.15. The van der Waals surface area contributed by atoms with Gasteiger partial charge in [-0.3, -0.25) is 9.79 Å². The Kier molecular flexibility index (Phi) is 2.77. The molecule has 0 atom stereocenters. The second-order valence-corrected chi connectivity index (χ2v) is 3.86. The van der Waals surface area contributed by atoms with Crippen molar-refractivity contribution in [1.82, 2.24) is 0 Å². The van der Waals surface area contributed by atoms with Crippen molar-refractivity contribution in [3.8, 4) is 0 Å². The number of nitrogens with zero attached hydrogens (tertiary/aromatic N) is 1. The Bertz CT molecular complexity index is 503. The van der Waals surface area contributed by atoms with E-state index in [-0.39, 0.29) is 17.8 Å². The molecular weight excluding hydrogens is 231 g/mol. The second kappa shape index (κ2) is 3.98. The molecule has 0 amide bonds. The van der Waals surface area contributed by atoms with E-state index in [9.17, 15) is 18.0 Å². The number of halogens is 3. The maximum Gasteiger partial charge on any atom is 0.416 e. The van der Waals surface area contributed by atoms with E-state index in [2.05, 4.69) is 4.99 Å². The molecule has 0 N–H and O–H groups in total. The zero-order valence-corrected chi connectivity index (χ0v) is 9.14. The maximum atomic E-state index is 12.5. The molecule has 1 heterocycles. The number of fused-ring (bicyclic) bond motifs is 1. The molecule has 0 saturated heterocycles. The smallest absolute Gasteiger partial charge is 0.294 e. The SMILES string of the molecule is CCC1=Nc2ccc(C(F)(F)F)cc2C(=O)C1. The van der Waals surface area contributed by atoms with Gasteiger partial charge >= 0.3 is 6.18 Å². The summed E-state index contributed by atoms with van der Waals surface area (Å²) in [6.07, 6.45) is -3.68. The summed E-state index contributed by atoms with van der Waals surface area (Å²) in [7, 11) is 0. The highest BCUT2D eigenvalue weighted by atomic mass is 19.4. The van der Waals surface area contributed by atoms with Gasteiger partial charge in [-0.15, -0.1) is 0 Å². The van der Waals surface area contributed by atoms with Crippen LogP contribution in [-0.4, -0.2) is 11.5 Å². The fraction of sp³-hybridized carbons (Fsp3) is 0.333. The van der Waals surface area contributed by atoms with Crippen molar-refractivity contribution in [2.24, 2.45) is 4.99 Å². The van der Waals surface area contributed by atoms with Crippen LogP contribution < -0.4 is 0 Å². The number of alkyl halides is 3. The summed E-state index contributed by atoms with van der Waals surface area (Å²) in [5.41, 5.74) is 0.310. The summed E-state index contributed by atoms with van der Waals surface area (Å²) in [4.78, 5) is 15.9. The van der Waals surface area contributed by atoms with Crippen LogP contribution in [0.15, 0.2) is 23.2 Å². The Morgan fingerprint density at radius 2 is 2.06 bits per heavy atom. The lowest BCUT2D eigenvalue weighted by atomic mass is 9.97. The first-order valence-corrected chi connectivity index (χ1v) is 5.22. The van der Waals surface area contributed by atoms with E-state index in [1.54, 1.807) is 0 Å². The average molecular weight is 241 g/mol. The van der Waals surface area contributed by atoms with Gasteiger partial charge in [-0.2, -0.15) is 13.2 Å². The fourth-order valence-corrected chi connectivity index (χ4v) is 1.73. The number of benzene rings is 1. The number of Topliss-reactive ketones (excluding diaryl/α,β-unsaturated/α-hetero) is 1. The summed E-state index contributed by atoms with van der Waals surface area (Å²) >= 11 is 0. The van der Waals surface area contributed by atoms with E-state index in [1.165, 1.54) is 6.07 Å². The van der Waals surface area contributed by atoms with Gasteiger partial charge in [-0.05, 0) is 24.6 Å². The molecule has 1 aliphatic rings. The summed E-state index contributed by atoms with van der Waals surface area (Å²) in [5.74, 6) is -0.294. The predicted molar refractivity (Wildman–Crippen MR) is 57.8 cm³/mol. The molecule has 0 bridgehead atoms. The summed E-state index contributed by atoms with van der Waals surface area (Å²) in [6.45, 7) is 1.86. The number of hydrogen-bond donors (Lipinski definition) is 0. The van der Waals surface area contributed by atoms with Crippen LogP contribution in [0.4, 0.5) is 18.9 Å². The van der Waals surface area contributed by atoms with Crippen molar-refractivity contribution in [3.63, 3.8) is 0 Å². The first kappa shape index (κ1) is 11.8. The van der Waals surface area contributed by atoms with Crippen molar-refractivity contribution in [2.45, 2.75) is 25.9 Å². The molecule has 1 aromatic rings. The molecule has 1 aromatic carbocycles. The van der Waals surface area contributed by atoms with Crippen LogP contribution in [0.5, 0.6) is 0 Å². The highest BCUT2D eigenvalue weighted by Crippen LogP contribution is 2.34. The van der Waals surface area contributed by atoms with E-state index in [1.807, 2.05) is 6.92 Å². The largest absolute Gasteiger partial charge is 0.416 e. The molecule has 0 aliphatic carbocycles. The number of rotatable bonds is 1. The monoisotopic (exact) mass is 241 g/mol. The summed E-state index contributed by atoms with van der Waals surface area (Å²) in [6, 6.07) is 3.09. The van der Waals surface area contributed by atoms with Crippen molar-refractivity contribution in [3.05, 3.63) is 29.3 Å². The molecule has 17 heavy (non-hydrogen) atoms. The summed E-state index contributed by atoms with van der Waals surface area (Å²) < 4.78 is 37.4.